The van der Waals surface area contributed by atoms with Crippen molar-refractivity contribution >= 4 is 8.32 Å². The number of aliphatic hydroxyl groups excluding tert-OH is 3. The normalized spacial score (nSPS) is 28.5. The Morgan fingerprint density at radius 2 is 1.91 bits per heavy atom. The monoisotopic (exact) mass is 334 g/mol. The van der Waals surface area contributed by atoms with Gasteiger partial charge in [0.2, 0.25) is 0 Å². The molecule has 0 spiro atoms. The van der Waals surface area contributed by atoms with Gasteiger partial charge < -0.3 is 29.2 Å². The summed E-state index contributed by atoms with van der Waals surface area (Å²) in [7, 11) is -2.25. The van der Waals surface area contributed by atoms with Crippen LogP contribution < -0.4 is 0 Å². The zero-order valence-electron chi connectivity index (χ0n) is 14.6. The maximum absolute atomic E-state index is 10.2. The molecule has 1 heterocycles. The van der Waals surface area contributed by atoms with E-state index in [0.717, 1.165) is 0 Å². The third kappa shape index (κ3) is 4.45. The second kappa shape index (κ2) is 6.49. The van der Waals surface area contributed by atoms with Crippen LogP contribution in [-0.2, 0) is 13.9 Å². The molecule has 3 N–H and O–H groups in total. The molecule has 0 amide bonds. The van der Waals surface area contributed by atoms with E-state index in [1.54, 1.807) is 13.8 Å². The highest BCUT2D eigenvalue weighted by atomic mass is 28.4. The van der Waals surface area contributed by atoms with Crippen LogP contribution >= 0.6 is 0 Å². The van der Waals surface area contributed by atoms with Gasteiger partial charge in [0.15, 0.2) is 19.9 Å². The molecule has 0 radical (unpaired) electrons. The minimum absolute atomic E-state index is 0.0771. The van der Waals surface area contributed by atoms with Gasteiger partial charge in [0.25, 0.3) is 0 Å². The molecular formula is C15H30O6Si. The van der Waals surface area contributed by atoms with E-state index in [1.807, 2.05) is 13.1 Å². The van der Waals surface area contributed by atoms with Gasteiger partial charge in [-0.05, 0) is 32.0 Å². The molecule has 130 valence electrons. The summed E-state index contributed by atoms with van der Waals surface area (Å²) < 4.78 is 17.3. The summed E-state index contributed by atoms with van der Waals surface area (Å²) in [5.41, 5.74) is 0. The number of hydrogen-bond acceptors (Lipinski definition) is 6. The van der Waals surface area contributed by atoms with Gasteiger partial charge in [0, 0.05) is 0 Å². The number of ether oxygens (including phenoxy) is 2. The standard InChI is InChI=1S/C15H30O6Si/c1-14(2,3)22(6,7)21-13(10(17)8-16)12-11(18)9-19-15(4,5)20-12/h8,11-13,16-18H,9H2,1-7H3/b10-8-/t11-,12-,13-/m1/s1. The molecule has 0 bridgehead atoms. The van der Waals surface area contributed by atoms with Crippen LogP contribution in [0.4, 0.5) is 0 Å². The summed E-state index contributed by atoms with van der Waals surface area (Å²) >= 11 is 0. The van der Waals surface area contributed by atoms with Crippen molar-refractivity contribution in [3.05, 3.63) is 12.0 Å². The minimum Gasteiger partial charge on any atom is -0.512 e. The molecule has 6 nitrogen and oxygen atoms in total. The topological polar surface area (TPSA) is 88.4 Å². The van der Waals surface area contributed by atoms with Gasteiger partial charge in [-0.2, -0.15) is 0 Å². The zero-order valence-corrected chi connectivity index (χ0v) is 15.6. The van der Waals surface area contributed by atoms with Gasteiger partial charge in [-0.15, -0.1) is 0 Å². The quantitative estimate of drug-likeness (QED) is 0.541. The van der Waals surface area contributed by atoms with Gasteiger partial charge in [-0.1, -0.05) is 20.8 Å². The van der Waals surface area contributed by atoms with E-state index in [1.165, 1.54) is 0 Å². The first-order valence-electron chi connectivity index (χ1n) is 7.51. The summed E-state index contributed by atoms with van der Waals surface area (Å²) in [4.78, 5) is 0. The van der Waals surface area contributed by atoms with Crippen molar-refractivity contribution in [2.75, 3.05) is 6.61 Å². The van der Waals surface area contributed by atoms with Crippen LogP contribution in [0.2, 0.25) is 18.1 Å². The first-order chi connectivity index (χ1) is 9.81. The maximum Gasteiger partial charge on any atom is 0.193 e. The Morgan fingerprint density at radius 3 is 2.36 bits per heavy atom. The molecule has 1 saturated heterocycles. The molecule has 0 aromatic heterocycles. The molecule has 0 aliphatic carbocycles. The van der Waals surface area contributed by atoms with E-state index in [4.69, 9.17) is 13.9 Å². The van der Waals surface area contributed by atoms with Gasteiger partial charge in [-0.25, -0.2) is 0 Å². The molecule has 3 atom stereocenters. The van der Waals surface area contributed by atoms with Gasteiger partial charge in [-0.3, -0.25) is 0 Å². The summed E-state index contributed by atoms with van der Waals surface area (Å²) in [6.07, 6.45) is -2.12. The molecular weight excluding hydrogens is 304 g/mol. The van der Waals surface area contributed by atoms with Crippen molar-refractivity contribution in [3.63, 3.8) is 0 Å². The lowest BCUT2D eigenvalue weighted by Crippen LogP contribution is -2.57. The summed E-state index contributed by atoms with van der Waals surface area (Å²) in [5, 5.41) is 29.4. The lowest BCUT2D eigenvalue weighted by molar-refractivity contribution is -0.315. The highest BCUT2D eigenvalue weighted by Crippen LogP contribution is 2.39. The van der Waals surface area contributed by atoms with Crippen LogP contribution in [0, 0.1) is 0 Å². The SMILES string of the molecule is CC1(C)OC[C@@H](O)[C@H]([C@H](O[Si](C)(C)C(C)(C)C)/C(O)=C/O)O1. The average molecular weight is 334 g/mol. The van der Waals surface area contributed by atoms with E-state index < -0.39 is 32.4 Å². The molecule has 22 heavy (non-hydrogen) atoms. The smallest absolute Gasteiger partial charge is 0.193 e. The second-order valence-electron chi connectivity index (χ2n) is 7.71. The van der Waals surface area contributed by atoms with Gasteiger partial charge >= 0.3 is 0 Å². The van der Waals surface area contributed by atoms with Crippen LogP contribution in [-0.4, -0.2) is 54.3 Å². The number of aliphatic hydroxyl groups is 3. The number of hydrogen-bond donors (Lipinski definition) is 3. The molecule has 1 aliphatic rings. The van der Waals surface area contributed by atoms with Crippen LogP contribution in [0.5, 0.6) is 0 Å². The Hall–Kier alpha value is -0.603. The predicted octanol–water partition coefficient (Wildman–Crippen LogP) is 2.85. The predicted molar refractivity (Wildman–Crippen MR) is 86.3 cm³/mol. The maximum atomic E-state index is 10.2. The molecule has 1 aliphatic heterocycles. The molecule has 1 fully saturated rings. The van der Waals surface area contributed by atoms with E-state index in [9.17, 15) is 15.3 Å². The van der Waals surface area contributed by atoms with E-state index >= 15 is 0 Å². The van der Waals surface area contributed by atoms with Gasteiger partial charge in [0.05, 0.1) is 6.61 Å². The summed E-state index contributed by atoms with van der Waals surface area (Å²) in [6, 6.07) is 0. The first-order valence-corrected chi connectivity index (χ1v) is 10.4. The van der Waals surface area contributed by atoms with Crippen molar-refractivity contribution in [1.82, 2.24) is 0 Å². The second-order valence-corrected chi connectivity index (χ2v) is 12.5. The van der Waals surface area contributed by atoms with Crippen molar-refractivity contribution in [1.29, 1.82) is 0 Å². The highest BCUT2D eigenvalue weighted by Gasteiger charge is 2.47. The fourth-order valence-corrected chi connectivity index (χ4v) is 3.19. The fraction of sp³-hybridized carbons (Fsp3) is 0.867. The number of rotatable bonds is 4. The Bertz CT molecular complexity index is 413. The zero-order chi connectivity index (χ0) is 17.3. The Labute approximate surface area is 133 Å². The van der Waals surface area contributed by atoms with Crippen molar-refractivity contribution in [2.45, 2.75) is 76.8 Å². The third-order valence-electron chi connectivity index (χ3n) is 4.35. The van der Waals surface area contributed by atoms with Crippen LogP contribution in [0.25, 0.3) is 0 Å². The molecule has 0 aromatic rings. The van der Waals surface area contributed by atoms with Crippen LogP contribution in [0.3, 0.4) is 0 Å². The van der Waals surface area contributed by atoms with E-state index in [0.29, 0.717) is 6.26 Å². The summed E-state index contributed by atoms with van der Waals surface area (Å²) in [5.74, 6) is -1.25. The minimum atomic E-state index is -2.25. The molecule has 0 aromatic carbocycles. The van der Waals surface area contributed by atoms with Gasteiger partial charge in [0.1, 0.15) is 24.6 Å². The highest BCUT2D eigenvalue weighted by molar-refractivity contribution is 6.74. The summed E-state index contributed by atoms with van der Waals surface area (Å²) in [6.45, 7) is 13.8. The van der Waals surface area contributed by atoms with Crippen LogP contribution in [0.1, 0.15) is 34.6 Å². The molecule has 1 rings (SSSR count). The molecule has 7 heteroatoms. The lowest BCUT2D eigenvalue weighted by atomic mass is 10.1. The van der Waals surface area contributed by atoms with Crippen molar-refractivity contribution in [3.8, 4) is 0 Å². The Balaban J connectivity index is 3.08. The first kappa shape index (κ1) is 19.4. The Morgan fingerprint density at radius 1 is 1.36 bits per heavy atom. The fourth-order valence-electron chi connectivity index (χ4n) is 1.95. The third-order valence-corrected chi connectivity index (χ3v) is 8.81. The molecule has 0 unspecified atom stereocenters. The lowest BCUT2D eigenvalue weighted by Gasteiger charge is -2.45. The average Bonchev–Trinajstić information content (AvgIpc) is 2.37. The van der Waals surface area contributed by atoms with Crippen molar-refractivity contribution < 1.29 is 29.2 Å². The van der Waals surface area contributed by atoms with Crippen molar-refractivity contribution in [2.24, 2.45) is 0 Å². The van der Waals surface area contributed by atoms with Crippen LogP contribution in [0.15, 0.2) is 12.0 Å². The molecule has 0 saturated carbocycles. The van der Waals surface area contributed by atoms with E-state index in [2.05, 4.69) is 20.8 Å². The largest absolute Gasteiger partial charge is 0.512 e. The van der Waals surface area contributed by atoms with E-state index in [-0.39, 0.29) is 17.4 Å². The Kier molecular flexibility index (Phi) is 5.73.